The van der Waals surface area contributed by atoms with Gasteiger partial charge in [0.25, 0.3) is 0 Å². The van der Waals surface area contributed by atoms with Crippen LogP contribution in [0.3, 0.4) is 0 Å². The van der Waals surface area contributed by atoms with Crippen molar-refractivity contribution in [1.29, 1.82) is 0 Å². The van der Waals surface area contributed by atoms with Crippen LogP contribution in [0.15, 0.2) is 0 Å². The summed E-state index contributed by atoms with van der Waals surface area (Å²) in [5.41, 5.74) is 3.14. The third kappa shape index (κ3) is 1.46. The largest absolute Gasteiger partial charge is 0.258 e. The van der Waals surface area contributed by atoms with Gasteiger partial charge in [-0.3, -0.25) is 5.43 Å². The number of hydrazine groups is 1. The molecule has 0 aromatic rings. The van der Waals surface area contributed by atoms with E-state index in [-0.39, 0.29) is 0 Å². The van der Waals surface area contributed by atoms with E-state index in [2.05, 4.69) is 10.4 Å². The predicted octanol–water partition coefficient (Wildman–Crippen LogP) is 0.607. The molecule has 8 heavy (non-hydrogen) atoms. The lowest BCUT2D eigenvalue weighted by Gasteiger charge is -2.24. The van der Waals surface area contributed by atoms with Gasteiger partial charge in [-0.25, -0.2) is 5.01 Å². The maximum absolute atomic E-state index is 3.14. The molecule has 0 spiro atoms. The van der Waals surface area contributed by atoms with Crippen molar-refractivity contribution in [3.05, 3.63) is 0 Å². The SMILES string of the molecule is CNN1CCCCC1. The molecule has 0 aromatic heterocycles. The van der Waals surface area contributed by atoms with E-state index >= 15 is 0 Å². The molecule has 0 aromatic carbocycles. The first-order chi connectivity index (χ1) is 3.93. The molecule has 48 valence electrons. The van der Waals surface area contributed by atoms with Gasteiger partial charge in [-0.05, 0) is 19.9 Å². The number of rotatable bonds is 1. The number of hydrogen-bond acceptors (Lipinski definition) is 2. The molecule has 1 N–H and O–H groups in total. The lowest BCUT2D eigenvalue weighted by Crippen LogP contribution is -2.38. The first-order valence-corrected chi connectivity index (χ1v) is 3.36. The van der Waals surface area contributed by atoms with Crippen molar-refractivity contribution < 1.29 is 0 Å². The molecule has 2 nitrogen and oxygen atoms in total. The van der Waals surface area contributed by atoms with E-state index in [4.69, 9.17) is 0 Å². The minimum absolute atomic E-state index is 1.23. The van der Waals surface area contributed by atoms with Crippen LogP contribution in [0.5, 0.6) is 0 Å². The quantitative estimate of drug-likeness (QED) is 0.537. The summed E-state index contributed by atoms with van der Waals surface area (Å²) in [6.45, 7) is 2.47. The summed E-state index contributed by atoms with van der Waals surface area (Å²) in [7, 11) is 1.99. The molecule has 1 fully saturated rings. The number of hydrogen-bond donors (Lipinski definition) is 1. The molecular weight excluding hydrogens is 100 g/mol. The normalized spacial score (nSPS) is 23.6. The van der Waals surface area contributed by atoms with Crippen LogP contribution in [0.2, 0.25) is 0 Å². The average molecular weight is 114 g/mol. The van der Waals surface area contributed by atoms with E-state index < -0.39 is 0 Å². The highest BCUT2D eigenvalue weighted by Gasteiger charge is 2.05. The van der Waals surface area contributed by atoms with Crippen molar-refractivity contribution in [2.24, 2.45) is 0 Å². The molecule has 2 heteroatoms. The minimum Gasteiger partial charge on any atom is -0.258 e. The molecule has 1 aliphatic rings. The zero-order valence-corrected chi connectivity index (χ0v) is 5.48. The highest BCUT2D eigenvalue weighted by Crippen LogP contribution is 2.04. The van der Waals surface area contributed by atoms with Crippen LogP contribution in [-0.4, -0.2) is 25.1 Å². The Hall–Kier alpha value is -0.0800. The fourth-order valence-electron chi connectivity index (χ4n) is 1.12. The zero-order valence-electron chi connectivity index (χ0n) is 5.48. The van der Waals surface area contributed by atoms with Crippen molar-refractivity contribution >= 4 is 0 Å². The van der Waals surface area contributed by atoms with E-state index in [9.17, 15) is 0 Å². The fraction of sp³-hybridized carbons (Fsp3) is 1.00. The van der Waals surface area contributed by atoms with Crippen molar-refractivity contribution in [1.82, 2.24) is 10.4 Å². The van der Waals surface area contributed by atoms with E-state index in [1.54, 1.807) is 0 Å². The van der Waals surface area contributed by atoms with Gasteiger partial charge in [0.15, 0.2) is 0 Å². The highest BCUT2D eigenvalue weighted by atomic mass is 15.5. The van der Waals surface area contributed by atoms with Crippen LogP contribution in [-0.2, 0) is 0 Å². The molecule has 1 aliphatic heterocycles. The molecule has 1 heterocycles. The van der Waals surface area contributed by atoms with Crippen LogP contribution >= 0.6 is 0 Å². The van der Waals surface area contributed by atoms with Crippen LogP contribution in [0, 0.1) is 0 Å². The molecule has 0 aliphatic carbocycles. The van der Waals surface area contributed by atoms with E-state index in [1.165, 1.54) is 32.4 Å². The van der Waals surface area contributed by atoms with Crippen LogP contribution in [0.25, 0.3) is 0 Å². The molecule has 0 radical (unpaired) electrons. The summed E-state index contributed by atoms with van der Waals surface area (Å²) < 4.78 is 0. The van der Waals surface area contributed by atoms with Gasteiger partial charge in [0, 0.05) is 13.1 Å². The molecule has 0 atom stereocenters. The van der Waals surface area contributed by atoms with Gasteiger partial charge >= 0.3 is 0 Å². The first kappa shape index (κ1) is 6.05. The Morgan fingerprint density at radius 2 is 1.75 bits per heavy atom. The Morgan fingerprint density at radius 3 is 2.12 bits per heavy atom. The van der Waals surface area contributed by atoms with Crippen LogP contribution < -0.4 is 5.43 Å². The molecule has 1 saturated heterocycles. The predicted molar refractivity (Wildman–Crippen MR) is 34.5 cm³/mol. The summed E-state index contributed by atoms with van der Waals surface area (Å²) in [4.78, 5) is 0. The van der Waals surface area contributed by atoms with Gasteiger partial charge in [-0.2, -0.15) is 0 Å². The Bertz CT molecular complexity index is 57.5. The maximum Gasteiger partial charge on any atom is 0.0130 e. The summed E-state index contributed by atoms with van der Waals surface area (Å²) in [6, 6.07) is 0. The number of piperidine rings is 1. The molecule has 0 bridgehead atoms. The van der Waals surface area contributed by atoms with Crippen molar-refractivity contribution in [3.8, 4) is 0 Å². The molecular formula is C6H14N2. The summed E-state index contributed by atoms with van der Waals surface area (Å²) in [6.07, 6.45) is 4.14. The first-order valence-electron chi connectivity index (χ1n) is 3.36. The van der Waals surface area contributed by atoms with Crippen molar-refractivity contribution in [3.63, 3.8) is 0 Å². The second kappa shape index (κ2) is 3.05. The van der Waals surface area contributed by atoms with Gasteiger partial charge in [0.05, 0.1) is 0 Å². The molecule has 0 saturated carbocycles. The minimum atomic E-state index is 1.23. The van der Waals surface area contributed by atoms with Gasteiger partial charge in [0.2, 0.25) is 0 Å². The molecule has 1 rings (SSSR count). The molecule has 0 unspecified atom stereocenters. The zero-order chi connectivity index (χ0) is 5.82. The molecule has 0 amide bonds. The lowest BCUT2D eigenvalue weighted by molar-refractivity contribution is 0.171. The standard InChI is InChI=1S/C6H14N2/c1-7-8-5-3-2-4-6-8/h7H,2-6H2,1H3. The van der Waals surface area contributed by atoms with Gasteiger partial charge in [0.1, 0.15) is 0 Å². The lowest BCUT2D eigenvalue weighted by atomic mass is 10.2. The highest BCUT2D eigenvalue weighted by molar-refractivity contribution is 4.58. The van der Waals surface area contributed by atoms with E-state index in [1.807, 2.05) is 7.05 Å². The average Bonchev–Trinajstić information content (AvgIpc) is 1.90. The summed E-state index contributed by atoms with van der Waals surface area (Å²) in [5.74, 6) is 0. The van der Waals surface area contributed by atoms with Crippen LogP contribution in [0.1, 0.15) is 19.3 Å². The monoisotopic (exact) mass is 114 g/mol. The summed E-state index contributed by atoms with van der Waals surface area (Å²) in [5, 5.41) is 2.27. The van der Waals surface area contributed by atoms with E-state index in [0.717, 1.165) is 0 Å². The number of nitrogens with zero attached hydrogens (tertiary/aromatic N) is 1. The van der Waals surface area contributed by atoms with E-state index in [0.29, 0.717) is 0 Å². The second-order valence-corrected chi connectivity index (χ2v) is 2.27. The maximum atomic E-state index is 3.14. The number of nitrogens with one attached hydrogen (secondary N) is 1. The fourth-order valence-corrected chi connectivity index (χ4v) is 1.12. The Kier molecular flexibility index (Phi) is 2.30. The van der Waals surface area contributed by atoms with Crippen molar-refractivity contribution in [2.45, 2.75) is 19.3 Å². The summed E-state index contributed by atoms with van der Waals surface area (Å²) >= 11 is 0. The Morgan fingerprint density at radius 1 is 1.12 bits per heavy atom. The Balaban J connectivity index is 2.13. The van der Waals surface area contributed by atoms with Crippen molar-refractivity contribution in [2.75, 3.05) is 20.1 Å². The van der Waals surface area contributed by atoms with Crippen LogP contribution in [0.4, 0.5) is 0 Å². The third-order valence-corrected chi connectivity index (χ3v) is 1.67. The van der Waals surface area contributed by atoms with Gasteiger partial charge in [-0.1, -0.05) is 6.42 Å². The smallest absolute Gasteiger partial charge is 0.0130 e. The topological polar surface area (TPSA) is 15.3 Å². The van der Waals surface area contributed by atoms with Gasteiger partial charge < -0.3 is 0 Å². The van der Waals surface area contributed by atoms with Gasteiger partial charge in [-0.15, -0.1) is 0 Å². The Labute approximate surface area is 50.8 Å². The third-order valence-electron chi connectivity index (χ3n) is 1.67. The second-order valence-electron chi connectivity index (χ2n) is 2.27.